The molecule has 0 bridgehead atoms. The van der Waals surface area contributed by atoms with Gasteiger partial charge in [0.1, 0.15) is 5.54 Å². The highest BCUT2D eigenvalue weighted by Crippen LogP contribution is 2.33. The molecule has 84 valence electrons. The molecule has 1 fully saturated rings. The average Bonchev–Trinajstić information content (AvgIpc) is 2.73. The molecule has 1 saturated heterocycles. The maximum absolute atomic E-state index is 9.24. The van der Waals surface area contributed by atoms with Crippen LogP contribution in [0.5, 0.6) is 0 Å². The number of thioether (sulfide) groups is 1. The van der Waals surface area contributed by atoms with Crippen molar-refractivity contribution in [1.82, 2.24) is 0 Å². The Morgan fingerprint density at radius 1 is 1.56 bits per heavy atom. The number of rotatable bonds is 2. The third-order valence-electron chi connectivity index (χ3n) is 2.54. The van der Waals surface area contributed by atoms with Crippen molar-refractivity contribution in [3.8, 4) is 6.07 Å². The van der Waals surface area contributed by atoms with E-state index in [1.165, 1.54) is 0 Å². The van der Waals surface area contributed by atoms with Crippen LogP contribution < -0.4 is 5.32 Å². The largest absolute Gasteiger partial charge is 0.367 e. The molecule has 2 nitrogen and oxygen atoms in total. The number of nitrogens with zero attached hydrogens (tertiary/aromatic N) is 1. The Balaban J connectivity index is 2.20. The second-order valence-corrected chi connectivity index (χ2v) is 6.12. The van der Waals surface area contributed by atoms with E-state index in [9.17, 15) is 5.26 Å². The Morgan fingerprint density at radius 3 is 2.94 bits per heavy atom. The first-order valence-electron chi connectivity index (χ1n) is 4.87. The summed E-state index contributed by atoms with van der Waals surface area (Å²) in [5.41, 5.74) is 0.512. The summed E-state index contributed by atoms with van der Waals surface area (Å²) in [6, 6.07) is 8.01. The van der Waals surface area contributed by atoms with Gasteiger partial charge in [0.25, 0.3) is 0 Å². The van der Waals surface area contributed by atoms with Crippen molar-refractivity contribution in [2.24, 2.45) is 0 Å². The third kappa shape index (κ3) is 2.48. The molecule has 0 aliphatic carbocycles. The van der Waals surface area contributed by atoms with E-state index in [0.29, 0.717) is 5.02 Å². The maximum Gasteiger partial charge on any atom is 0.135 e. The van der Waals surface area contributed by atoms with Crippen LogP contribution in [-0.4, -0.2) is 17.0 Å². The van der Waals surface area contributed by atoms with Crippen molar-refractivity contribution >= 4 is 45.0 Å². The summed E-state index contributed by atoms with van der Waals surface area (Å²) in [6.45, 7) is 0. The highest BCUT2D eigenvalue weighted by atomic mass is 79.9. The fourth-order valence-corrected chi connectivity index (χ4v) is 3.39. The molecule has 1 N–H and O–H groups in total. The first-order valence-corrected chi connectivity index (χ1v) is 7.20. The zero-order valence-corrected chi connectivity index (χ0v) is 11.6. The molecule has 0 amide bonds. The van der Waals surface area contributed by atoms with Gasteiger partial charge in [-0.05, 0) is 46.3 Å². The molecule has 2 rings (SSSR count). The minimum absolute atomic E-state index is 0.419. The van der Waals surface area contributed by atoms with Crippen LogP contribution in [-0.2, 0) is 0 Å². The van der Waals surface area contributed by atoms with Crippen LogP contribution in [0, 0.1) is 11.3 Å². The van der Waals surface area contributed by atoms with Gasteiger partial charge in [-0.25, -0.2) is 0 Å². The molecule has 1 unspecified atom stereocenters. The Labute approximate surface area is 112 Å². The lowest BCUT2D eigenvalue weighted by Crippen LogP contribution is -2.36. The van der Waals surface area contributed by atoms with Crippen LogP contribution >= 0.6 is 39.3 Å². The third-order valence-corrected chi connectivity index (χ3v) is 4.94. The molecule has 0 saturated carbocycles. The lowest BCUT2D eigenvalue weighted by Gasteiger charge is -2.22. The van der Waals surface area contributed by atoms with E-state index < -0.39 is 5.54 Å². The number of nitriles is 1. The van der Waals surface area contributed by atoms with Crippen LogP contribution in [0.3, 0.4) is 0 Å². The van der Waals surface area contributed by atoms with Crippen molar-refractivity contribution < 1.29 is 0 Å². The molecule has 1 heterocycles. The predicted octanol–water partition coefficient (Wildman–Crippen LogP) is 3.91. The molecule has 16 heavy (non-hydrogen) atoms. The highest BCUT2D eigenvalue weighted by Gasteiger charge is 2.34. The number of nitrogens with one attached hydrogen (secondary N) is 1. The van der Waals surface area contributed by atoms with Crippen LogP contribution in [0.15, 0.2) is 22.7 Å². The summed E-state index contributed by atoms with van der Waals surface area (Å²) in [6.07, 6.45) is 0.883. The van der Waals surface area contributed by atoms with Gasteiger partial charge < -0.3 is 5.32 Å². The molecule has 0 radical (unpaired) electrons. The van der Waals surface area contributed by atoms with Gasteiger partial charge >= 0.3 is 0 Å². The fourth-order valence-electron chi connectivity index (χ4n) is 1.63. The van der Waals surface area contributed by atoms with Crippen molar-refractivity contribution in [3.63, 3.8) is 0 Å². The number of hydrogen-bond donors (Lipinski definition) is 1. The molecule has 5 heteroatoms. The molecular weight excluding hydrogens is 308 g/mol. The molecule has 1 aliphatic heterocycles. The highest BCUT2D eigenvalue weighted by molar-refractivity contribution is 9.10. The summed E-state index contributed by atoms with van der Waals surface area (Å²) in [7, 11) is 0. The van der Waals surface area contributed by atoms with Crippen molar-refractivity contribution in [3.05, 3.63) is 27.7 Å². The summed E-state index contributed by atoms with van der Waals surface area (Å²) in [4.78, 5) is 0. The van der Waals surface area contributed by atoms with Crippen LogP contribution in [0.2, 0.25) is 5.02 Å². The molecule has 1 aromatic carbocycles. The fraction of sp³-hybridized carbons (Fsp3) is 0.364. The van der Waals surface area contributed by atoms with Gasteiger partial charge in [-0.1, -0.05) is 11.6 Å². The topological polar surface area (TPSA) is 35.8 Å². The van der Waals surface area contributed by atoms with Gasteiger partial charge in [-0.3, -0.25) is 0 Å². The lowest BCUT2D eigenvalue weighted by atomic mass is 10.0. The van der Waals surface area contributed by atoms with Gasteiger partial charge in [0.2, 0.25) is 0 Å². The number of anilines is 1. The molecule has 1 atom stereocenters. The molecule has 1 aromatic rings. The van der Waals surface area contributed by atoms with Crippen molar-refractivity contribution in [2.45, 2.75) is 12.0 Å². The van der Waals surface area contributed by atoms with Gasteiger partial charge in [0.05, 0.1) is 11.1 Å². The van der Waals surface area contributed by atoms with Gasteiger partial charge in [-0.15, -0.1) is 0 Å². The minimum Gasteiger partial charge on any atom is -0.367 e. The SMILES string of the molecule is N#CC1(Nc2ccc(Cl)c(Br)c2)CCSC1. The first-order chi connectivity index (χ1) is 7.65. The van der Waals surface area contributed by atoms with Gasteiger partial charge in [0.15, 0.2) is 0 Å². The van der Waals surface area contributed by atoms with Crippen LogP contribution in [0.4, 0.5) is 5.69 Å². The summed E-state index contributed by atoms with van der Waals surface area (Å²) < 4.78 is 0.845. The van der Waals surface area contributed by atoms with E-state index in [4.69, 9.17) is 11.6 Å². The van der Waals surface area contributed by atoms with E-state index >= 15 is 0 Å². The smallest absolute Gasteiger partial charge is 0.135 e. The summed E-state index contributed by atoms with van der Waals surface area (Å²) in [5, 5.41) is 13.2. The summed E-state index contributed by atoms with van der Waals surface area (Å²) >= 11 is 11.1. The Bertz CT molecular complexity index is 438. The van der Waals surface area contributed by atoms with E-state index in [0.717, 1.165) is 28.1 Å². The second kappa shape index (κ2) is 4.87. The van der Waals surface area contributed by atoms with Crippen molar-refractivity contribution in [2.75, 3.05) is 16.8 Å². The van der Waals surface area contributed by atoms with Gasteiger partial charge in [-0.2, -0.15) is 17.0 Å². The van der Waals surface area contributed by atoms with Gasteiger partial charge in [0, 0.05) is 15.9 Å². The first kappa shape index (κ1) is 12.1. The quantitative estimate of drug-likeness (QED) is 0.898. The van der Waals surface area contributed by atoms with E-state index in [2.05, 4.69) is 27.3 Å². The molecule has 0 spiro atoms. The maximum atomic E-state index is 9.24. The number of halogens is 2. The van der Waals surface area contributed by atoms with Crippen LogP contribution in [0.25, 0.3) is 0 Å². The zero-order chi connectivity index (χ0) is 11.6. The van der Waals surface area contributed by atoms with E-state index in [-0.39, 0.29) is 0 Å². The molecule has 0 aromatic heterocycles. The monoisotopic (exact) mass is 316 g/mol. The van der Waals surface area contributed by atoms with E-state index in [1.54, 1.807) is 0 Å². The number of benzene rings is 1. The predicted molar refractivity (Wildman–Crippen MR) is 73.1 cm³/mol. The number of hydrogen-bond acceptors (Lipinski definition) is 3. The minimum atomic E-state index is -0.419. The van der Waals surface area contributed by atoms with Crippen LogP contribution in [0.1, 0.15) is 6.42 Å². The normalized spacial score (nSPS) is 24.1. The lowest BCUT2D eigenvalue weighted by molar-refractivity contribution is 0.666. The Kier molecular flexibility index (Phi) is 3.68. The molecule has 1 aliphatic rings. The Hall–Kier alpha value is -0.370. The standard InChI is InChI=1S/C11H10BrClN2S/c12-9-5-8(1-2-10(9)13)15-11(6-14)3-4-16-7-11/h1-2,5,15H,3-4,7H2. The zero-order valence-electron chi connectivity index (χ0n) is 8.46. The van der Waals surface area contributed by atoms with E-state index in [1.807, 2.05) is 30.0 Å². The van der Waals surface area contributed by atoms with Crippen molar-refractivity contribution in [1.29, 1.82) is 5.26 Å². The average molecular weight is 318 g/mol. The summed E-state index contributed by atoms with van der Waals surface area (Å²) in [5.74, 6) is 1.87. The molecular formula is C11H10BrClN2S. The Morgan fingerprint density at radius 2 is 2.38 bits per heavy atom. The second-order valence-electron chi connectivity index (χ2n) is 3.75.